The quantitative estimate of drug-likeness (QED) is 0.135. The molecule has 1 aromatic heterocycles. The van der Waals surface area contributed by atoms with Crippen LogP contribution in [0.2, 0.25) is 0 Å². The highest BCUT2D eigenvalue weighted by Crippen LogP contribution is 2.31. The molecule has 2 aromatic carbocycles. The maximum absolute atomic E-state index is 13.0. The molecule has 15 N–H and O–H groups in total. The lowest BCUT2D eigenvalue weighted by atomic mass is 10.1. The fraction of sp³-hybridized carbons (Fsp3) is 0.429. The van der Waals surface area contributed by atoms with Gasteiger partial charge in [0.05, 0.1) is 25.5 Å². The van der Waals surface area contributed by atoms with Gasteiger partial charge in [-0.15, -0.1) is 12.4 Å². The number of piperidine rings is 2. The molecule has 3 heterocycles. The molecule has 0 saturated carbocycles. The molecule has 0 aliphatic carbocycles. The van der Waals surface area contributed by atoms with E-state index in [9.17, 15) is 9.90 Å². The Bertz CT molecular complexity index is 1310. The number of nitrogens with zero attached hydrogens (tertiary/aromatic N) is 5. The Morgan fingerprint density at radius 3 is 1.86 bits per heavy atom. The fourth-order valence-corrected chi connectivity index (χ4v) is 4.91. The smallest absolute Gasteiger partial charge is 0.259 e. The van der Waals surface area contributed by atoms with Crippen LogP contribution in [0.15, 0.2) is 36.4 Å². The number of amides is 1. The van der Waals surface area contributed by atoms with Gasteiger partial charge in [-0.25, -0.2) is 0 Å². The summed E-state index contributed by atoms with van der Waals surface area (Å²) in [6.07, 6.45) is 6.91. The molecule has 0 atom stereocenters. The number of rotatable bonds is 8. The SMILES string of the molecule is COc1ccc(OC)c(NC(=O)c2ccc(Nc3nc(N4CCCCC4)nc(N4CCCCC4)n3)cc2O)c1.Cl.N.N.N.N.[HH].[HH].[HH].[HH]. The summed E-state index contributed by atoms with van der Waals surface area (Å²) in [5.74, 6) is 2.13. The van der Waals surface area contributed by atoms with Crippen LogP contribution in [0.1, 0.15) is 54.6 Å². The maximum atomic E-state index is 13.0. The zero-order valence-corrected chi connectivity index (χ0v) is 26.5. The zero-order valence-electron chi connectivity index (χ0n) is 25.7. The van der Waals surface area contributed by atoms with Crippen molar-refractivity contribution >= 4 is 47.5 Å². The molecular weight excluding hydrogens is 590 g/mol. The summed E-state index contributed by atoms with van der Waals surface area (Å²) in [5, 5.41) is 16.7. The van der Waals surface area contributed by atoms with E-state index in [-0.39, 0.29) is 54.0 Å². The van der Waals surface area contributed by atoms with Crippen LogP contribution in [-0.2, 0) is 0 Å². The Morgan fingerprint density at radius 1 is 0.795 bits per heavy atom. The molecule has 5 rings (SSSR count). The molecule has 2 aliphatic rings. The number of ether oxygens (including phenoxy) is 2. The molecule has 0 radical (unpaired) electrons. The summed E-state index contributed by atoms with van der Waals surface area (Å²) >= 11 is 0. The third-order valence-electron chi connectivity index (χ3n) is 7.04. The van der Waals surface area contributed by atoms with E-state index >= 15 is 0 Å². The molecule has 2 fully saturated rings. The highest BCUT2D eigenvalue weighted by molar-refractivity contribution is 6.07. The van der Waals surface area contributed by atoms with Crippen molar-refractivity contribution in [1.29, 1.82) is 0 Å². The Morgan fingerprint density at radius 2 is 1.36 bits per heavy atom. The highest BCUT2D eigenvalue weighted by Gasteiger charge is 2.21. The Balaban J connectivity index is -0.000000685. The normalized spacial score (nSPS) is 13.8. The molecule has 0 unspecified atom stereocenters. The second kappa shape index (κ2) is 18.5. The minimum Gasteiger partial charge on any atom is -0.507 e. The average Bonchev–Trinajstić information content (AvgIpc) is 2.98. The summed E-state index contributed by atoms with van der Waals surface area (Å²) in [6.45, 7) is 3.69. The third kappa shape index (κ3) is 9.42. The van der Waals surface area contributed by atoms with Crippen LogP contribution in [0.3, 0.4) is 0 Å². The first-order valence-corrected chi connectivity index (χ1v) is 13.4. The Hall–Kier alpha value is -4.15. The van der Waals surface area contributed by atoms with Crippen molar-refractivity contribution in [2.45, 2.75) is 38.5 Å². The summed E-state index contributed by atoms with van der Waals surface area (Å²) in [5.41, 5.74) is 1.11. The number of aromatic nitrogens is 3. The number of aromatic hydroxyl groups is 1. The van der Waals surface area contributed by atoms with Gasteiger partial charge in [-0.05, 0) is 62.8 Å². The van der Waals surface area contributed by atoms with E-state index in [0.717, 1.165) is 51.9 Å². The van der Waals surface area contributed by atoms with Crippen molar-refractivity contribution in [2.24, 2.45) is 0 Å². The fourth-order valence-electron chi connectivity index (χ4n) is 4.91. The van der Waals surface area contributed by atoms with Crippen molar-refractivity contribution in [3.63, 3.8) is 0 Å². The van der Waals surface area contributed by atoms with Crippen LogP contribution in [0.4, 0.5) is 29.2 Å². The number of anilines is 5. The van der Waals surface area contributed by atoms with Gasteiger partial charge in [-0.3, -0.25) is 4.79 Å². The molecule has 0 bridgehead atoms. The van der Waals surface area contributed by atoms with Gasteiger partial charge in [0.1, 0.15) is 17.2 Å². The minimum atomic E-state index is -0.481. The number of benzene rings is 2. The number of hydrogen-bond donors (Lipinski definition) is 7. The largest absolute Gasteiger partial charge is 0.507 e. The van der Waals surface area contributed by atoms with E-state index in [2.05, 4.69) is 20.4 Å². The van der Waals surface area contributed by atoms with Gasteiger partial charge in [0.25, 0.3) is 5.91 Å². The number of carbonyl (C=O) groups is 1. The molecule has 254 valence electrons. The van der Waals surface area contributed by atoms with E-state index < -0.39 is 5.91 Å². The lowest BCUT2D eigenvalue weighted by Crippen LogP contribution is -2.34. The number of phenolic OH excluding ortho intramolecular Hbond substituents is 1. The van der Waals surface area contributed by atoms with Crippen molar-refractivity contribution < 1.29 is 25.1 Å². The third-order valence-corrected chi connectivity index (χ3v) is 7.04. The molecule has 16 heteroatoms. The number of hydrogen-bond acceptors (Lipinski definition) is 14. The van der Waals surface area contributed by atoms with Crippen molar-refractivity contribution in [1.82, 2.24) is 39.6 Å². The maximum Gasteiger partial charge on any atom is 0.259 e. The monoisotopic (exact) mass is 645 g/mol. The molecule has 0 spiro atoms. The molecular formula is C28H56ClN11O4. The first-order valence-electron chi connectivity index (χ1n) is 13.4. The number of carbonyl (C=O) groups excluding carboxylic acids is 1. The molecule has 2 saturated heterocycles. The standard InChI is InChI=1S/C28H35N7O4.ClH.4H3N.4H2/c1-38-20-10-12-24(39-2)22(18-20)30-25(37)21-11-9-19(17-23(21)36)29-26-31-27(34-13-5-3-6-14-34)33-28(32-26)35-15-7-4-8-16-35;;;;;;;;;/h9-12,17-18,36H,3-8,13-16H2,1-2H3,(H,30,37)(H,29,31,32,33);1H;4*1H3;4*1H. The van der Waals surface area contributed by atoms with E-state index in [0.29, 0.717) is 40.7 Å². The second-order valence-electron chi connectivity index (χ2n) is 9.73. The van der Waals surface area contributed by atoms with Crippen LogP contribution >= 0.6 is 12.4 Å². The van der Waals surface area contributed by atoms with Crippen LogP contribution in [-0.4, -0.2) is 66.4 Å². The Labute approximate surface area is 270 Å². The lowest BCUT2D eigenvalue weighted by molar-refractivity contribution is 0.102. The summed E-state index contributed by atoms with van der Waals surface area (Å²) in [6, 6.07) is 9.85. The van der Waals surface area contributed by atoms with E-state index in [1.165, 1.54) is 26.0 Å². The molecule has 3 aromatic rings. The van der Waals surface area contributed by atoms with E-state index in [1.54, 1.807) is 37.4 Å². The predicted molar refractivity (Wildman–Crippen MR) is 187 cm³/mol. The van der Waals surface area contributed by atoms with Gasteiger partial charge < -0.3 is 59.6 Å². The lowest BCUT2D eigenvalue weighted by Gasteiger charge is -2.30. The van der Waals surface area contributed by atoms with Crippen LogP contribution in [0.25, 0.3) is 0 Å². The van der Waals surface area contributed by atoms with E-state index in [1.807, 2.05) is 0 Å². The number of phenols is 1. The summed E-state index contributed by atoms with van der Waals surface area (Å²) < 4.78 is 10.6. The molecule has 2 aliphatic heterocycles. The van der Waals surface area contributed by atoms with Crippen LogP contribution in [0.5, 0.6) is 17.2 Å². The van der Waals surface area contributed by atoms with Crippen LogP contribution < -0.4 is 54.5 Å². The van der Waals surface area contributed by atoms with Gasteiger partial charge in [0, 0.05) is 49.7 Å². The van der Waals surface area contributed by atoms with Crippen molar-refractivity contribution in [3.8, 4) is 17.2 Å². The predicted octanol–water partition coefficient (Wildman–Crippen LogP) is 6.62. The number of halogens is 1. The first kappa shape index (κ1) is 39.8. The molecule has 44 heavy (non-hydrogen) atoms. The van der Waals surface area contributed by atoms with Gasteiger partial charge in [-0.1, -0.05) is 0 Å². The Kier molecular flexibility index (Phi) is 16.8. The molecule has 1 amide bonds. The minimum absolute atomic E-state index is 0. The van der Waals surface area contributed by atoms with Crippen molar-refractivity contribution in [2.75, 3.05) is 60.8 Å². The summed E-state index contributed by atoms with van der Waals surface area (Å²) in [4.78, 5) is 31.6. The van der Waals surface area contributed by atoms with Crippen molar-refractivity contribution in [3.05, 3.63) is 42.0 Å². The second-order valence-corrected chi connectivity index (χ2v) is 9.73. The van der Waals surface area contributed by atoms with Gasteiger partial charge in [0.15, 0.2) is 0 Å². The van der Waals surface area contributed by atoms with Gasteiger partial charge in [0.2, 0.25) is 17.8 Å². The highest BCUT2D eigenvalue weighted by atomic mass is 35.5. The van der Waals surface area contributed by atoms with Gasteiger partial charge in [-0.2, -0.15) is 15.0 Å². The average molecular weight is 646 g/mol. The topological polar surface area (TPSA) is 265 Å². The van der Waals surface area contributed by atoms with Gasteiger partial charge >= 0.3 is 0 Å². The van der Waals surface area contributed by atoms with Crippen LogP contribution in [0, 0.1) is 0 Å². The number of nitrogens with one attached hydrogen (secondary N) is 2. The number of methoxy groups -OCH3 is 2. The molecule has 15 nitrogen and oxygen atoms in total. The van der Waals surface area contributed by atoms with E-state index in [4.69, 9.17) is 24.4 Å². The first-order chi connectivity index (χ1) is 19.0. The summed E-state index contributed by atoms with van der Waals surface area (Å²) in [7, 11) is 3.06. The zero-order chi connectivity index (χ0) is 27.2.